The highest BCUT2D eigenvalue weighted by Gasteiger charge is 2.63. The zero-order valence-electron chi connectivity index (χ0n) is 15.9. The lowest BCUT2D eigenvalue weighted by atomic mass is 9.88. The van der Waals surface area contributed by atoms with Crippen LogP contribution in [0.15, 0.2) is 23.1 Å². The number of hydrogen-bond acceptors (Lipinski definition) is 6. The summed E-state index contributed by atoms with van der Waals surface area (Å²) < 4.78 is 72.9. The molecule has 5 nitrogen and oxygen atoms in total. The monoisotopic (exact) mass is 580 g/mol. The fourth-order valence-corrected chi connectivity index (χ4v) is 5.49. The van der Waals surface area contributed by atoms with Gasteiger partial charge in [-0.15, -0.1) is 12.6 Å². The smallest absolute Gasteiger partial charge is 0.342 e. The average molecular weight is 580 g/mol. The second-order valence-electron chi connectivity index (χ2n) is 7.95. The Balaban J connectivity index is 1.45. The number of halogens is 5. The summed E-state index contributed by atoms with van der Waals surface area (Å²) in [6, 6.07) is 4.06. The second-order valence-corrected chi connectivity index (χ2v) is 9.64. The van der Waals surface area contributed by atoms with Crippen LogP contribution in [0.2, 0.25) is 0 Å². The zero-order chi connectivity index (χ0) is 22.9. The van der Waals surface area contributed by atoms with Gasteiger partial charge in [0.15, 0.2) is 11.6 Å². The van der Waals surface area contributed by atoms with Crippen molar-refractivity contribution < 1.29 is 41.4 Å². The Hall–Kier alpha value is -2.02. The number of carbonyl (C=O) groups excluding carboxylic acids is 2. The predicted octanol–water partition coefficient (Wildman–Crippen LogP) is 5.04. The molecule has 3 aliphatic rings. The van der Waals surface area contributed by atoms with E-state index in [1.807, 2.05) is 22.6 Å². The number of rotatable bonds is 4. The number of benzene rings is 2. The van der Waals surface area contributed by atoms with E-state index in [2.05, 4.69) is 12.6 Å². The summed E-state index contributed by atoms with van der Waals surface area (Å²) in [5.41, 5.74) is -0.199. The lowest BCUT2D eigenvalue weighted by Crippen LogP contribution is -2.36. The van der Waals surface area contributed by atoms with E-state index >= 15 is 0 Å². The van der Waals surface area contributed by atoms with Crippen LogP contribution in [0.5, 0.6) is 11.5 Å². The zero-order valence-corrected chi connectivity index (χ0v) is 19.0. The van der Waals surface area contributed by atoms with Gasteiger partial charge < -0.3 is 14.2 Å². The molecule has 2 aromatic rings. The van der Waals surface area contributed by atoms with Crippen molar-refractivity contribution in [3.63, 3.8) is 0 Å². The van der Waals surface area contributed by atoms with Gasteiger partial charge in [-0.2, -0.15) is 8.78 Å². The maximum absolute atomic E-state index is 14.2. The molecule has 0 spiro atoms. The topological polar surface area (TPSA) is 61.8 Å². The lowest BCUT2D eigenvalue weighted by molar-refractivity contribution is -0.146. The van der Waals surface area contributed by atoms with Crippen molar-refractivity contribution in [3.8, 4) is 11.5 Å². The Labute approximate surface area is 197 Å². The van der Waals surface area contributed by atoms with E-state index in [-0.39, 0.29) is 35.0 Å². The number of hydrogen-bond donors (Lipinski definition) is 1. The molecular formula is C21H13F4IO5S. The highest BCUT2D eigenvalue weighted by atomic mass is 127. The molecule has 1 aliphatic heterocycles. The number of fused-ring (bicyclic) bond motifs is 1. The largest absolute Gasteiger partial charge is 0.458 e. The Morgan fingerprint density at radius 1 is 1.09 bits per heavy atom. The number of carbonyl (C=O) groups is 2. The van der Waals surface area contributed by atoms with Gasteiger partial charge in [-0.25, -0.2) is 13.6 Å². The van der Waals surface area contributed by atoms with Gasteiger partial charge in [-0.05, 0) is 53.6 Å². The Morgan fingerprint density at radius 2 is 1.78 bits per heavy atom. The highest BCUT2D eigenvalue weighted by Crippen LogP contribution is 2.55. The van der Waals surface area contributed by atoms with Gasteiger partial charge in [0.25, 0.3) is 0 Å². The predicted molar refractivity (Wildman–Crippen MR) is 112 cm³/mol. The summed E-state index contributed by atoms with van der Waals surface area (Å²) >= 11 is 5.32. The van der Waals surface area contributed by atoms with Crippen molar-refractivity contribution in [2.24, 2.45) is 17.8 Å². The van der Waals surface area contributed by atoms with E-state index in [4.69, 9.17) is 14.2 Å². The van der Waals surface area contributed by atoms with Gasteiger partial charge in [-0.3, -0.25) is 4.79 Å². The Morgan fingerprint density at radius 3 is 2.47 bits per heavy atom. The van der Waals surface area contributed by atoms with Crippen molar-refractivity contribution >= 4 is 47.2 Å². The van der Waals surface area contributed by atoms with Crippen molar-refractivity contribution in [2.75, 3.05) is 0 Å². The van der Waals surface area contributed by atoms with E-state index in [0.717, 1.165) is 0 Å². The normalized spacial score (nSPS) is 27.6. The third-order valence-corrected chi connectivity index (χ3v) is 7.29. The first-order valence-corrected chi connectivity index (χ1v) is 11.1. The molecule has 32 heavy (non-hydrogen) atoms. The lowest BCUT2D eigenvalue weighted by Gasteiger charge is -2.25. The van der Waals surface area contributed by atoms with Crippen LogP contribution in [-0.2, 0) is 14.3 Å². The van der Waals surface area contributed by atoms with E-state index in [1.165, 1.54) is 18.2 Å². The van der Waals surface area contributed by atoms with E-state index < -0.39 is 52.1 Å². The van der Waals surface area contributed by atoms with Crippen molar-refractivity contribution in [2.45, 2.75) is 29.9 Å². The number of ether oxygens (including phenoxy) is 3. The van der Waals surface area contributed by atoms with E-state index in [0.29, 0.717) is 16.4 Å². The summed E-state index contributed by atoms with van der Waals surface area (Å²) in [7, 11) is 0. The Kier molecular flexibility index (Phi) is 5.31. The van der Waals surface area contributed by atoms with Crippen LogP contribution in [0.25, 0.3) is 0 Å². The van der Waals surface area contributed by atoms with Gasteiger partial charge in [0, 0.05) is 15.4 Å². The minimum absolute atomic E-state index is 0.00539. The maximum Gasteiger partial charge on any atom is 0.342 e. The van der Waals surface area contributed by atoms with Gasteiger partial charge in [0.2, 0.25) is 17.4 Å². The van der Waals surface area contributed by atoms with Crippen LogP contribution in [0.1, 0.15) is 23.2 Å². The quantitative estimate of drug-likeness (QED) is 0.181. The van der Waals surface area contributed by atoms with Crippen LogP contribution in [0.3, 0.4) is 0 Å². The highest BCUT2D eigenvalue weighted by molar-refractivity contribution is 14.1. The summed E-state index contributed by atoms with van der Waals surface area (Å²) in [6.45, 7) is 0. The average Bonchev–Trinajstić information content (AvgIpc) is 3.40. The first-order chi connectivity index (χ1) is 15.2. The third-order valence-electron chi connectivity index (χ3n) is 6.23. The molecule has 3 fully saturated rings. The molecule has 1 saturated heterocycles. The summed E-state index contributed by atoms with van der Waals surface area (Å²) in [6.07, 6.45) is 0.106. The van der Waals surface area contributed by atoms with Crippen LogP contribution >= 0.6 is 35.2 Å². The minimum atomic E-state index is -1.79. The SMILES string of the molecule is O=C(OC1C2CC3C(=O)OC1C3C2)c1cc(I)ccc1Oc1c(F)c(F)c(S)c(F)c1F. The van der Waals surface area contributed by atoms with Gasteiger partial charge in [0.1, 0.15) is 23.5 Å². The Bertz CT molecular complexity index is 1150. The van der Waals surface area contributed by atoms with Crippen molar-refractivity contribution in [1.82, 2.24) is 0 Å². The molecule has 168 valence electrons. The summed E-state index contributed by atoms with van der Waals surface area (Å²) in [5, 5.41) is 0. The number of thiol groups is 1. The fourth-order valence-electron chi connectivity index (χ4n) is 4.80. The first kappa shape index (κ1) is 21.8. The van der Waals surface area contributed by atoms with Gasteiger partial charge >= 0.3 is 11.9 Å². The van der Waals surface area contributed by atoms with Crippen molar-refractivity contribution in [1.29, 1.82) is 0 Å². The standard InChI is InChI=1S/C21H13F4IO5S/c22-12-14(24)19(32)15(25)13(23)18(12)29-11-2-1-7(26)5-10(11)21(28)30-16-6-3-8-9(4-6)20(27)31-17(8)16/h1-2,5-6,8-9,16-17,32H,3-4H2. The molecular weight excluding hydrogens is 567 g/mol. The fraction of sp³-hybridized carbons (Fsp3) is 0.333. The second kappa shape index (κ2) is 7.79. The van der Waals surface area contributed by atoms with Crippen molar-refractivity contribution in [3.05, 3.63) is 50.6 Å². The van der Waals surface area contributed by atoms with Crippen LogP contribution < -0.4 is 4.74 Å². The van der Waals surface area contributed by atoms with Crippen LogP contribution in [0.4, 0.5) is 17.6 Å². The van der Waals surface area contributed by atoms with E-state index in [9.17, 15) is 27.2 Å². The van der Waals surface area contributed by atoms with E-state index in [1.54, 1.807) is 0 Å². The first-order valence-electron chi connectivity index (χ1n) is 9.61. The molecule has 0 radical (unpaired) electrons. The molecule has 2 saturated carbocycles. The summed E-state index contributed by atoms with van der Waals surface area (Å²) in [5.74, 6) is -10.1. The van der Waals surface area contributed by atoms with Crippen LogP contribution in [0, 0.1) is 44.6 Å². The molecule has 11 heteroatoms. The molecule has 5 rings (SSSR count). The molecule has 1 heterocycles. The molecule has 0 aromatic heterocycles. The van der Waals surface area contributed by atoms with Gasteiger partial charge in [0.05, 0.1) is 10.8 Å². The molecule has 2 bridgehead atoms. The molecule has 5 atom stereocenters. The molecule has 0 N–H and O–H groups in total. The van der Waals surface area contributed by atoms with Gasteiger partial charge in [-0.1, -0.05) is 0 Å². The van der Waals surface area contributed by atoms with Crippen LogP contribution in [-0.4, -0.2) is 24.1 Å². The molecule has 0 amide bonds. The molecule has 2 aliphatic carbocycles. The molecule has 2 aromatic carbocycles. The molecule has 5 unspecified atom stereocenters. The maximum atomic E-state index is 14.2. The summed E-state index contributed by atoms with van der Waals surface area (Å²) in [4.78, 5) is 23.7. The number of esters is 2. The third kappa shape index (κ3) is 3.27. The minimum Gasteiger partial charge on any atom is -0.458 e.